The molecule has 10 N–H and O–H groups in total. The molecular formula is C36H70Cl4N4O. The zero-order chi connectivity index (χ0) is 28.9. The summed E-state index contributed by atoms with van der Waals surface area (Å²) in [6.07, 6.45) is 16.1. The Morgan fingerprint density at radius 3 is 0.800 bits per heavy atom. The van der Waals surface area contributed by atoms with Gasteiger partial charge >= 0.3 is 0 Å². The summed E-state index contributed by atoms with van der Waals surface area (Å²) in [5, 5.41) is 9.78. The molecule has 268 valence electrons. The summed E-state index contributed by atoms with van der Waals surface area (Å²) in [5.41, 5.74) is 5.89. The van der Waals surface area contributed by atoms with E-state index in [1.165, 1.54) is 125 Å². The van der Waals surface area contributed by atoms with Crippen molar-refractivity contribution in [3.05, 3.63) is 70.8 Å². The molecule has 0 heterocycles. The molecule has 2 rings (SSSR count). The van der Waals surface area contributed by atoms with Crippen LogP contribution in [0.15, 0.2) is 48.5 Å². The van der Waals surface area contributed by atoms with E-state index in [1.54, 1.807) is 0 Å². The number of hydrogen-bond acceptors (Lipinski definition) is 0. The predicted octanol–water partition coefficient (Wildman–Crippen LogP) is -8.42. The van der Waals surface area contributed by atoms with Crippen LogP contribution in [0.4, 0.5) is 0 Å². The zero-order valence-corrected chi connectivity index (χ0v) is 32.1. The fraction of sp³-hybridized carbons (Fsp3) is 0.667. The van der Waals surface area contributed by atoms with Gasteiger partial charge in [0.05, 0.1) is 26.2 Å². The highest BCUT2D eigenvalue weighted by atomic mass is 35.5. The molecule has 0 aromatic heterocycles. The van der Waals surface area contributed by atoms with Crippen molar-refractivity contribution >= 4 is 0 Å². The molecule has 5 nitrogen and oxygen atoms in total. The van der Waals surface area contributed by atoms with Gasteiger partial charge in [0.15, 0.2) is 0 Å². The first-order valence-corrected chi connectivity index (χ1v) is 17.2. The molecule has 0 atom stereocenters. The third-order valence-corrected chi connectivity index (χ3v) is 7.55. The van der Waals surface area contributed by atoms with Crippen LogP contribution >= 0.6 is 0 Å². The average molecular weight is 717 g/mol. The topological polar surface area (TPSA) is 97.9 Å². The molecule has 0 unspecified atom stereocenters. The fourth-order valence-corrected chi connectivity index (χ4v) is 5.00. The SMILES string of the molecule is CCCCC[NH2+]Cc1cccc(C[NH2+]CCCCC)c1.CCCCC[NH2+]Cc1cccc(C[NH2+]CCCCC)c1.O.[Cl-].[Cl-].[Cl-].[Cl-]. The van der Waals surface area contributed by atoms with Crippen molar-refractivity contribution in [2.45, 2.75) is 131 Å². The van der Waals surface area contributed by atoms with E-state index >= 15 is 0 Å². The van der Waals surface area contributed by atoms with Gasteiger partial charge in [0.25, 0.3) is 0 Å². The Morgan fingerprint density at radius 2 is 0.600 bits per heavy atom. The second-order valence-electron chi connectivity index (χ2n) is 11.6. The van der Waals surface area contributed by atoms with Gasteiger partial charge in [0, 0.05) is 22.3 Å². The quantitative estimate of drug-likeness (QED) is 0.0778. The first kappa shape index (κ1) is 53.9. The highest BCUT2D eigenvalue weighted by Crippen LogP contribution is 2.04. The van der Waals surface area contributed by atoms with Crippen molar-refractivity contribution in [1.82, 2.24) is 0 Å². The van der Waals surface area contributed by atoms with Crippen molar-refractivity contribution in [1.29, 1.82) is 0 Å². The van der Waals surface area contributed by atoms with Gasteiger partial charge in [-0.2, -0.15) is 0 Å². The van der Waals surface area contributed by atoms with Gasteiger partial charge in [0.2, 0.25) is 0 Å². The molecule has 0 radical (unpaired) electrons. The number of unbranched alkanes of at least 4 members (excludes halogenated alkanes) is 8. The molecule has 0 aliphatic carbocycles. The largest absolute Gasteiger partial charge is 1.00 e. The van der Waals surface area contributed by atoms with Crippen LogP contribution in [0.3, 0.4) is 0 Å². The lowest BCUT2D eigenvalue weighted by Crippen LogP contribution is -3.00. The van der Waals surface area contributed by atoms with Crippen LogP contribution in [-0.4, -0.2) is 31.7 Å². The summed E-state index contributed by atoms with van der Waals surface area (Å²) in [5.74, 6) is 0. The average Bonchev–Trinajstić information content (AvgIpc) is 2.98. The Kier molecular flexibility index (Phi) is 49.6. The molecule has 0 amide bonds. The van der Waals surface area contributed by atoms with Gasteiger partial charge in [0.1, 0.15) is 26.2 Å². The third-order valence-electron chi connectivity index (χ3n) is 7.55. The standard InChI is InChI=1S/2C18H32N2.4ClH.H2O/c2*1-3-5-7-12-19-15-17-10-9-11-18(14-17)16-20-13-8-6-4-2;;;;;/h2*9-11,14,19-20H,3-8,12-13,15-16H2,1-2H3;4*1H;1H2. The highest BCUT2D eigenvalue weighted by molar-refractivity contribution is 5.22. The lowest BCUT2D eigenvalue weighted by atomic mass is 10.1. The normalized spacial score (nSPS) is 9.69. The molecule has 0 saturated carbocycles. The van der Waals surface area contributed by atoms with Crippen molar-refractivity contribution in [3.8, 4) is 0 Å². The number of hydrogen-bond donors (Lipinski definition) is 4. The smallest absolute Gasteiger partial charge is 0.101 e. The molecule has 0 fully saturated rings. The molecule has 45 heavy (non-hydrogen) atoms. The Labute approximate surface area is 303 Å². The second-order valence-corrected chi connectivity index (χ2v) is 11.6. The van der Waals surface area contributed by atoms with E-state index in [4.69, 9.17) is 0 Å². The Bertz CT molecular complexity index is 707. The third kappa shape index (κ3) is 33.1. The molecule has 0 saturated heterocycles. The van der Waals surface area contributed by atoms with Gasteiger partial charge in [-0.1, -0.05) is 89.8 Å². The molecule has 0 aliphatic rings. The van der Waals surface area contributed by atoms with E-state index in [9.17, 15) is 0 Å². The van der Waals surface area contributed by atoms with Gasteiger partial charge < -0.3 is 76.4 Å². The molecular weight excluding hydrogens is 646 g/mol. The summed E-state index contributed by atoms with van der Waals surface area (Å²) in [6.45, 7) is 18.6. The highest BCUT2D eigenvalue weighted by Gasteiger charge is 2.01. The maximum Gasteiger partial charge on any atom is 0.101 e. The summed E-state index contributed by atoms with van der Waals surface area (Å²) < 4.78 is 0. The first-order valence-electron chi connectivity index (χ1n) is 17.2. The molecule has 2 aromatic rings. The maximum atomic E-state index is 2.44. The van der Waals surface area contributed by atoms with Crippen LogP contribution in [0.1, 0.15) is 127 Å². The van der Waals surface area contributed by atoms with Gasteiger partial charge in [-0.05, 0) is 63.5 Å². The van der Waals surface area contributed by atoms with Crippen LogP contribution in [0.25, 0.3) is 0 Å². The molecule has 0 bridgehead atoms. The lowest BCUT2D eigenvalue weighted by molar-refractivity contribution is -0.672. The van der Waals surface area contributed by atoms with Crippen LogP contribution in [-0.2, 0) is 26.2 Å². The molecule has 0 aliphatic heterocycles. The number of nitrogens with two attached hydrogens (primary N) is 4. The minimum atomic E-state index is 0. The molecule has 9 heteroatoms. The summed E-state index contributed by atoms with van der Waals surface area (Å²) in [4.78, 5) is 0. The van der Waals surface area contributed by atoms with E-state index in [2.05, 4.69) is 97.5 Å². The van der Waals surface area contributed by atoms with Crippen LogP contribution in [0.5, 0.6) is 0 Å². The molecule has 2 aromatic carbocycles. The van der Waals surface area contributed by atoms with Crippen molar-refractivity contribution in [2.24, 2.45) is 0 Å². The summed E-state index contributed by atoms with van der Waals surface area (Å²) in [7, 11) is 0. The van der Waals surface area contributed by atoms with Crippen LogP contribution in [0.2, 0.25) is 0 Å². The van der Waals surface area contributed by atoms with Gasteiger partial charge in [-0.15, -0.1) is 0 Å². The number of quaternary nitrogens is 4. The van der Waals surface area contributed by atoms with Crippen LogP contribution in [0, 0.1) is 0 Å². The molecule has 0 spiro atoms. The van der Waals surface area contributed by atoms with Crippen molar-refractivity contribution in [3.63, 3.8) is 0 Å². The fourth-order valence-electron chi connectivity index (χ4n) is 5.00. The van der Waals surface area contributed by atoms with Crippen molar-refractivity contribution < 1.29 is 76.4 Å². The monoisotopic (exact) mass is 714 g/mol. The number of benzene rings is 2. The Morgan fingerprint density at radius 1 is 0.378 bits per heavy atom. The van der Waals surface area contributed by atoms with E-state index in [-0.39, 0.29) is 55.1 Å². The van der Waals surface area contributed by atoms with Gasteiger partial charge in [-0.25, -0.2) is 0 Å². The van der Waals surface area contributed by atoms with Crippen molar-refractivity contribution in [2.75, 3.05) is 26.2 Å². The predicted molar refractivity (Wildman–Crippen MR) is 177 cm³/mol. The minimum Gasteiger partial charge on any atom is -1.00 e. The summed E-state index contributed by atoms with van der Waals surface area (Å²) in [6, 6.07) is 18.2. The minimum absolute atomic E-state index is 0. The van der Waals surface area contributed by atoms with Gasteiger partial charge in [-0.3, -0.25) is 0 Å². The van der Waals surface area contributed by atoms with Crippen LogP contribution < -0.4 is 70.9 Å². The maximum absolute atomic E-state index is 2.44. The van der Waals surface area contributed by atoms with E-state index < -0.39 is 0 Å². The van der Waals surface area contributed by atoms with E-state index in [1.807, 2.05) is 0 Å². The summed E-state index contributed by atoms with van der Waals surface area (Å²) >= 11 is 0. The second kappa shape index (κ2) is 41.4. The Hall–Kier alpha value is -0.600. The Balaban J connectivity index is -0.000000213. The lowest BCUT2D eigenvalue weighted by Gasteiger charge is -2.05. The first-order chi connectivity index (χ1) is 19.7. The van der Waals surface area contributed by atoms with E-state index in [0.717, 1.165) is 26.2 Å². The number of halogens is 4. The zero-order valence-electron chi connectivity index (χ0n) is 29.1. The van der Waals surface area contributed by atoms with E-state index in [0.29, 0.717) is 0 Å². The number of rotatable bonds is 24.